The third kappa shape index (κ3) is 3.94. The van der Waals surface area contributed by atoms with Crippen molar-refractivity contribution in [2.75, 3.05) is 17.7 Å². The van der Waals surface area contributed by atoms with Crippen molar-refractivity contribution in [3.8, 4) is 5.75 Å². The third-order valence-corrected chi connectivity index (χ3v) is 3.14. The van der Waals surface area contributed by atoms with E-state index in [-0.39, 0.29) is 0 Å². The fourth-order valence-corrected chi connectivity index (χ4v) is 2.17. The Kier molecular flexibility index (Phi) is 4.76. The number of halogens is 1. The van der Waals surface area contributed by atoms with Gasteiger partial charge in [-0.15, -0.1) is 0 Å². The molecule has 0 heterocycles. The highest BCUT2D eigenvalue weighted by Gasteiger charge is 2.05. The predicted octanol–water partition coefficient (Wildman–Crippen LogP) is 4.27. The summed E-state index contributed by atoms with van der Waals surface area (Å²) in [6.45, 7) is 0. The van der Waals surface area contributed by atoms with E-state index in [0.717, 1.165) is 21.6 Å². The fraction of sp³-hybridized carbons (Fsp3) is 0.0714. The van der Waals surface area contributed by atoms with Crippen LogP contribution in [0.25, 0.3) is 0 Å². The van der Waals surface area contributed by atoms with Crippen LogP contribution in [0, 0.1) is 0 Å². The van der Waals surface area contributed by atoms with E-state index >= 15 is 0 Å². The quantitative estimate of drug-likeness (QED) is 0.820. The first kappa shape index (κ1) is 13.8. The van der Waals surface area contributed by atoms with Crippen LogP contribution >= 0.6 is 28.1 Å². The van der Waals surface area contributed by atoms with Crippen LogP contribution in [0.3, 0.4) is 0 Å². The number of hydrogen-bond acceptors (Lipinski definition) is 2. The summed E-state index contributed by atoms with van der Waals surface area (Å²) in [6, 6.07) is 15.5. The normalized spacial score (nSPS) is 9.79. The first-order chi connectivity index (χ1) is 9.19. The lowest BCUT2D eigenvalue weighted by atomic mass is 10.3. The average molecular weight is 337 g/mol. The molecule has 0 atom stereocenters. The first-order valence-electron chi connectivity index (χ1n) is 5.65. The maximum absolute atomic E-state index is 5.28. The molecule has 2 aromatic carbocycles. The fourth-order valence-electron chi connectivity index (χ4n) is 1.58. The monoisotopic (exact) mass is 336 g/mol. The molecule has 0 bridgehead atoms. The number of thiocarbonyl (C=S) groups is 1. The van der Waals surface area contributed by atoms with E-state index in [1.54, 1.807) is 7.11 Å². The molecule has 0 fully saturated rings. The minimum Gasteiger partial charge on any atom is -0.495 e. The van der Waals surface area contributed by atoms with E-state index in [1.165, 1.54) is 0 Å². The van der Waals surface area contributed by atoms with Gasteiger partial charge in [-0.25, -0.2) is 0 Å². The van der Waals surface area contributed by atoms with E-state index in [1.807, 2.05) is 48.5 Å². The summed E-state index contributed by atoms with van der Waals surface area (Å²) < 4.78 is 6.24. The van der Waals surface area contributed by atoms with Gasteiger partial charge in [0.25, 0.3) is 0 Å². The maximum Gasteiger partial charge on any atom is 0.175 e. The number of benzene rings is 2. The summed E-state index contributed by atoms with van der Waals surface area (Å²) in [5.41, 5.74) is 1.75. The molecule has 0 aliphatic carbocycles. The van der Waals surface area contributed by atoms with Gasteiger partial charge in [0.2, 0.25) is 0 Å². The summed E-state index contributed by atoms with van der Waals surface area (Å²) in [5, 5.41) is 6.74. The first-order valence-corrected chi connectivity index (χ1v) is 6.86. The molecule has 3 nitrogen and oxygen atoms in total. The minimum absolute atomic E-state index is 0.516. The largest absolute Gasteiger partial charge is 0.495 e. The topological polar surface area (TPSA) is 33.3 Å². The Hall–Kier alpha value is -1.59. The van der Waals surface area contributed by atoms with Crippen molar-refractivity contribution in [2.45, 2.75) is 0 Å². The van der Waals surface area contributed by atoms with E-state index in [2.05, 4.69) is 26.6 Å². The molecule has 0 spiro atoms. The average Bonchev–Trinajstić information content (AvgIpc) is 2.40. The van der Waals surface area contributed by atoms with Gasteiger partial charge in [0.15, 0.2) is 5.11 Å². The Bertz CT molecular complexity index is 575. The van der Waals surface area contributed by atoms with E-state index in [4.69, 9.17) is 17.0 Å². The second-order valence-electron chi connectivity index (χ2n) is 3.79. The van der Waals surface area contributed by atoms with Crippen LogP contribution < -0.4 is 15.4 Å². The molecule has 0 aliphatic heterocycles. The summed E-state index contributed by atoms with van der Waals surface area (Å²) in [5.74, 6) is 0.736. The molecule has 0 aromatic heterocycles. The van der Waals surface area contributed by atoms with Crippen molar-refractivity contribution in [1.29, 1.82) is 0 Å². The zero-order valence-corrected chi connectivity index (χ0v) is 12.7. The third-order valence-electron chi connectivity index (χ3n) is 2.44. The SMILES string of the molecule is COc1ccc(Br)cc1NC(=S)Nc1ccccc1. The molecule has 2 rings (SSSR count). The van der Waals surface area contributed by atoms with Crippen molar-refractivity contribution in [1.82, 2.24) is 0 Å². The van der Waals surface area contributed by atoms with Crippen molar-refractivity contribution in [3.05, 3.63) is 53.0 Å². The number of rotatable bonds is 3. The molecule has 0 aliphatic rings. The van der Waals surface area contributed by atoms with Crippen LogP contribution in [0.4, 0.5) is 11.4 Å². The van der Waals surface area contributed by atoms with Gasteiger partial charge in [0.1, 0.15) is 5.75 Å². The Labute approximate surface area is 126 Å². The number of anilines is 2. The Morgan fingerprint density at radius 3 is 2.53 bits per heavy atom. The van der Waals surface area contributed by atoms with E-state index in [9.17, 15) is 0 Å². The predicted molar refractivity (Wildman–Crippen MR) is 87.0 cm³/mol. The van der Waals surface area contributed by atoms with E-state index < -0.39 is 0 Å². The van der Waals surface area contributed by atoms with Crippen molar-refractivity contribution < 1.29 is 4.74 Å². The van der Waals surface area contributed by atoms with Crippen LogP contribution in [-0.4, -0.2) is 12.2 Å². The second kappa shape index (κ2) is 6.54. The maximum atomic E-state index is 5.28. The highest BCUT2D eigenvalue weighted by Crippen LogP contribution is 2.28. The summed E-state index contributed by atoms with van der Waals surface area (Å²) >= 11 is 8.70. The molecule has 0 saturated carbocycles. The molecule has 0 radical (unpaired) electrons. The van der Waals surface area contributed by atoms with Crippen LogP contribution in [0.1, 0.15) is 0 Å². The number of ether oxygens (including phenoxy) is 1. The molecule has 5 heteroatoms. The van der Waals surface area contributed by atoms with Crippen LogP contribution in [0.5, 0.6) is 5.75 Å². The molecule has 0 amide bonds. The Morgan fingerprint density at radius 2 is 1.84 bits per heavy atom. The van der Waals surface area contributed by atoms with Gasteiger partial charge < -0.3 is 15.4 Å². The molecule has 98 valence electrons. The molecule has 2 aromatic rings. The number of methoxy groups -OCH3 is 1. The zero-order chi connectivity index (χ0) is 13.7. The second-order valence-corrected chi connectivity index (χ2v) is 5.11. The number of hydrogen-bond donors (Lipinski definition) is 2. The molecule has 19 heavy (non-hydrogen) atoms. The number of para-hydroxylation sites is 1. The molecular formula is C14H13BrN2OS. The lowest BCUT2D eigenvalue weighted by Crippen LogP contribution is -2.19. The van der Waals surface area contributed by atoms with Gasteiger partial charge in [-0.3, -0.25) is 0 Å². The van der Waals surface area contributed by atoms with Crippen LogP contribution in [-0.2, 0) is 0 Å². The van der Waals surface area contributed by atoms with Crippen LogP contribution in [0.15, 0.2) is 53.0 Å². The highest BCUT2D eigenvalue weighted by molar-refractivity contribution is 9.10. The van der Waals surface area contributed by atoms with E-state index in [0.29, 0.717) is 5.11 Å². The van der Waals surface area contributed by atoms with Gasteiger partial charge in [-0.2, -0.15) is 0 Å². The lowest BCUT2D eigenvalue weighted by Gasteiger charge is -2.13. The van der Waals surface area contributed by atoms with Gasteiger partial charge in [-0.05, 0) is 42.5 Å². The van der Waals surface area contributed by atoms with Crippen molar-refractivity contribution in [2.24, 2.45) is 0 Å². The van der Waals surface area contributed by atoms with Crippen molar-refractivity contribution >= 4 is 44.6 Å². The van der Waals surface area contributed by atoms with Gasteiger partial charge in [0, 0.05) is 10.2 Å². The molecule has 0 unspecified atom stereocenters. The standard InChI is InChI=1S/C14H13BrN2OS/c1-18-13-8-7-10(15)9-12(13)17-14(19)16-11-5-3-2-4-6-11/h2-9H,1H3,(H2,16,17,19). The van der Waals surface area contributed by atoms with Gasteiger partial charge >= 0.3 is 0 Å². The molecule has 0 saturated heterocycles. The summed E-state index contributed by atoms with van der Waals surface area (Å²) in [4.78, 5) is 0. The van der Waals surface area contributed by atoms with Gasteiger partial charge in [0.05, 0.1) is 12.8 Å². The smallest absolute Gasteiger partial charge is 0.175 e. The Balaban J connectivity index is 2.09. The van der Waals surface area contributed by atoms with Crippen LogP contribution in [0.2, 0.25) is 0 Å². The van der Waals surface area contributed by atoms with Crippen molar-refractivity contribution in [3.63, 3.8) is 0 Å². The number of nitrogens with one attached hydrogen (secondary N) is 2. The summed E-state index contributed by atoms with van der Waals surface area (Å²) in [7, 11) is 1.63. The lowest BCUT2D eigenvalue weighted by molar-refractivity contribution is 0.417. The Morgan fingerprint density at radius 1 is 1.11 bits per heavy atom. The summed E-state index contributed by atoms with van der Waals surface area (Å²) in [6.07, 6.45) is 0. The highest BCUT2D eigenvalue weighted by atomic mass is 79.9. The molecular weight excluding hydrogens is 324 g/mol. The van der Waals surface area contributed by atoms with Gasteiger partial charge in [-0.1, -0.05) is 34.1 Å². The minimum atomic E-state index is 0.516. The molecule has 2 N–H and O–H groups in total. The zero-order valence-electron chi connectivity index (χ0n) is 10.3.